The van der Waals surface area contributed by atoms with Gasteiger partial charge in [0.2, 0.25) is 0 Å². The minimum Gasteiger partial charge on any atom is -0.480 e. The molecule has 0 aliphatic rings. The molecule has 1 aromatic carbocycles. The van der Waals surface area contributed by atoms with Crippen LogP contribution >= 0.6 is 0 Å². The molecule has 0 unspecified atom stereocenters. The summed E-state index contributed by atoms with van der Waals surface area (Å²) in [4.78, 5) is 27.0. The first kappa shape index (κ1) is 15.1. The molecule has 0 bridgehead atoms. The molecule has 1 heterocycles. The van der Waals surface area contributed by atoms with Crippen LogP contribution in [-0.2, 0) is 4.79 Å². The van der Waals surface area contributed by atoms with E-state index in [1.807, 2.05) is 31.2 Å². The number of aromatic nitrogens is 1. The van der Waals surface area contributed by atoms with Crippen molar-refractivity contribution < 1.29 is 14.7 Å². The lowest BCUT2D eigenvalue weighted by Gasteiger charge is -2.27. The Kier molecular flexibility index (Phi) is 3.77. The summed E-state index contributed by atoms with van der Waals surface area (Å²) in [5.41, 5.74) is 1.53. The van der Waals surface area contributed by atoms with E-state index in [0.717, 1.165) is 16.6 Å². The van der Waals surface area contributed by atoms with Gasteiger partial charge in [0.1, 0.15) is 6.04 Å². The molecule has 3 N–H and O–H groups in total. The van der Waals surface area contributed by atoms with Gasteiger partial charge in [0.05, 0.1) is 5.56 Å². The van der Waals surface area contributed by atoms with E-state index in [1.54, 1.807) is 20.8 Å². The number of hydrogen-bond donors (Lipinski definition) is 3. The van der Waals surface area contributed by atoms with Crippen LogP contribution < -0.4 is 5.32 Å². The molecule has 0 aliphatic heterocycles. The molecule has 0 saturated heterocycles. The maximum absolute atomic E-state index is 12.5. The Hall–Kier alpha value is -2.30. The number of carbonyl (C=O) groups is 2. The van der Waals surface area contributed by atoms with Crippen LogP contribution in [0.4, 0.5) is 0 Å². The van der Waals surface area contributed by atoms with Crippen LogP contribution in [-0.4, -0.2) is 28.0 Å². The van der Waals surface area contributed by atoms with Gasteiger partial charge < -0.3 is 15.4 Å². The van der Waals surface area contributed by atoms with E-state index in [0.29, 0.717) is 5.56 Å². The first-order chi connectivity index (χ1) is 9.71. The number of rotatable bonds is 3. The highest BCUT2D eigenvalue weighted by molar-refractivity contribution is 6.09. The van der Waals surface area contributed by atoms with E-state index in [9.17, 15) is 14.7 Å². The van der Waals surface area contributed by atoms with Crippen LogP contribution in [0.25, 0.3) is 10.9 Å². The molecule has 0 saturated carbocycles. The van der Waals surface area contributed by atoms with E-state index in [4.69, 9.17) is 0 Å². The number of amides is 1. The number of carbonyl (C=O) groups excluding carboxylic acids is 1. The third-order valence-corrected chi connectivity index (χ3v) is 3.51. The summed E-state index contributed by atoms with van der Waals surface area (Å²) < 4.78 is 0. The lowest BCUT2D eigenvalue weighted by molar-refractivity contribution is -0.142. The zero-order valence-corrected chi connectivity index (χ0v) is 12.7. The minimum absolute atomic E-state index is 0.368. The fraction of sp³-hybridized carbons (Fsp3) is 0.375. The van der Waals surface area contributed by atoms with Gasteiger partial charge in [0.25, 0.3) is 5.91 Å². The highest BCUT2D eigenvalue weighted by Gasteiger charge is 2.33. The predicted molar refractivity (Wildman–Crippen MR) is 81.4 cm³/mol. The summed E-state index contributed by atoms with van der Waals surface area (Å²) in [5, 5.41) is 12.7. The van der Waals surface area contributed by atoms with Crippen molar-refractivity contribution in [1.82, 2.24) is 10.3 Å². The number of benzene rings is 1. The second-order valence-corrected chi connectivity index (χ2v) is 6.28. The van der Waals surface area contributed by atoms with E-state index >= 15 is 0 Å². The zero-order chi connectivity index (χ0) is 15.8. The molecule has 2 rings (SSSR count). The fourth-order valence-electron chi connectivity index (χ4n) is 2.42. The van der Waals surface area contributed by atoms with Gasteiger partial charge >= 0.3 is 5.97 Å². The maximum atomic E-state index is 12.5. The summed E-state index contributed by atoms with van der Waals surface area (Å²) >= 11 is 0. The Balaban J connectivity index is 2.39. The SMILES string of the molecule is Cc1[nH]c2ccccc2c1C(=O)N[C@@H](C(=O)O)C(C)(C)C. The predicted octanol–water partition coefficient (Wildman–Crippen LogP) is 2.71. The number of aliphatic carboxylic acids is 1. The molecule has 1 amide bonds. The number of aromatic amines is 1. The van der Waals surface area contributed by atoms with Crippen molar-refractivity contribution in [3.05, 3.63) is 35.5 Å². The van der Waals surface area contributed by atoms with Crippen LogP contribution in [0.5, 0.6) is 0 Å². The van der Waals surface area contributed by atoms with Gasteiger partial charge in [0.15, 0.2) is 0 Å². The van der Waals surface area contributed by atoms with Crippen LogP contribution in [0.15, 0.2) is 24.3 Å². The Morgan fingerprint density at radius 1 is 1.24 bits per heavy atom. The third kappa shape index (κ3) is 2.91. The maximum Gasteiger partial charge on any atom is 0.326 e. The van der Waals surface area contributed by atoms with Crippen LogP contribution in [0.3, 0.4) is 0 Å². The van der Waals surface area contributed by atoms with Crippen LogP contribution in [0.1, 0.15) is 36.8 Å². The zero-order valence-electron chi connectivity index (χ0n) is 12.7. The molecule has 5 nitrogen and oxygen atoms in total. The summed E-state index contributed by atoms with van der Waals surface area (Å²) in [6.45, 7) is 7.16. The lowest BCUT2D eigenvalue weighted by Crippen LogP contribution is -2.49. The van der Waals surface area contributed by atoms with Crippen molar-refractivity contribution in [3.8, 4) is 0 Å². The van der Waals surface area contributed by atoms with E-state index in [1.165, 1.54) is 0 Å². The van der Waals surface area contributed by atoms with Crippen molar-refractivity contribution >= 4 is 22.8 Å². The molecule has 0 spiro atoms. The number of hydrogen-bond acceptors (Lipinski definition) is 2. The number of aryl methyl sites for hydroxylation is 1. The monoisotopic (exact) mass is 288 g/mol. The van der Waals surface area contributed by atoms with Crippen LogP contribution in [0, 0.1) is 12.3 Å². The number of para-hydroxylation sites is 1. The van der Waals surface area contributed by atoms with Gasteiger partial charge in [-0.05, 0) is 18.4 Å². The molecule has 5 heteroatoms. The second-order valence-electron chi connectivity index (χ2n) is 6.28. The molecule has 0 radical (unpaired) electrons. The Morgan fingerprint density at radius 3 is 2.43 bits per heavy atom. The summed E-state index contributed by atoms with van der Waals surface area (Å²) in [6.07, 6.45) is 0. The van der Waals surface area contributed by atoms with Crippen molar-refractivity contribution in [1.29, 1.82) is 0 Å². The van der Waals surface area contributed by atoms with Gasteiger partial charge in [-0.3, -0.25) is 4.79 Å². The molecule has 1 atom stereocenters. The van der Waals surface area contributed by atoms with Crippen molar-refractivity contribution in [2.45, 2.75) is 33.7 Å². The molecule has 112 valence electrons. The summed E-state index contributed by atoms with van der Waals surface area (Å²) in [7, 11) is 0. The van der Waals surface area contributed by atoms with Crippen molar-refractivity contribution in [2.75, 3.05) is 0 Å². The number of carboxylic acids is 1. The number of nitrogens with one attached hydrogen (secondary N) is 2. The Bertz CT molecular complexity index is 695. The number of fused-ring (bicyclic) bond motifs is 1. The Morgan fingerprint density at radius 2 is 1.86 bits per heavy atom. The standard InChI is InChI=1S/C16H20N2O3/c1-9-12(10-7-5-6-8-11(10)17-9)14(19)18-13(15(20)21)16(2,3)4/h5-8,13,17H,1-4H3,(H,18,19)(H,20,21)/t13-/m0/s1. The highest BCUT2D eigenvalue weighted by atomic mass is 16.4. The molecule has 0 aliphatic carbocycles. The molecular formula is C16H20N2O3. The number of H-pyrrole nitrogens is 1. The normalized spacial score (nSPS) is 13.1. The molecule has 0 fully saturated rings. The second kappa shape index (κ2) is 5.24. The molecule has 2 aromatic rings. The average Bonchev–Trinajstić information content (AvgIpc) is 2.69. The van der Waals surface area contributed by atoms with Gasteiger partial charge in [-0.2, -0.15) is 0 Å². The van der Waals surface area contributed by atoms with Crippen LogP contribution in [0.2, 0.25) is 0 Å². The lowest BCUT2D eigenvalue weighted by atomic mass is 9.86. The smallest absolute Gasteiger partial charge is 0.326 e. The Labute approximate surface area is 123 Å². The van der Waals surface area contributed by atoms with Gasteiger partial charge in [-0.25, -0.2) is 4.79 Å². The van der Waals surface area contributed by atoms with Crippen molar-refractivity contribution in [3.63, 3.8) is 0 Å². The quantitative estimate of drug-likeness (QED) is 0.812. The molecular weight excluding hydrogens is 268 g/mol. The first-order valence-electron chi connectivity index (χ1n) is 6.83. The highest BCUT2D eigenvalue weighted by Crippen LogP contribution is 2.24. The van der Waals surface area contributed by atoms with Gasteiger partial charge in [-0.1, -0.05) is 39.0 Å². The summed E-state index contributed by atoms with van der Waals surface area (Å²) in [5.74, 6) is -1.40. The average molecular weight is 288 g/mol. The largest absolute Gasteiger partial charge is 0.480 e. The minimum atomic E-state index is -1.03. The number of carboxylic acid groups (broad SMARTS) is 1. The third-order valence-electron chi connectivity index (χ3n) is 3.51. The van der Waals surface area contributed by atoms with E-state index in [2.05, 4.69) is 10.3 Å². The molecule has 1 aromatic heterocycles. The molecule has 21 heavy (non-hydrogen) atoms. The first-order valence-corrected chi connectivity index (χ1v) is 6.83. The van der Waals surface area contributed by atoms with Crippen molar-refractivity contribution in [2.24, 2.45) is 5.41 Å². The fourth-order valence-corrected chi connectivity index (χ4v) is 2.42. The van der Waals surface area contributed by atoms with E-state index < -0.39 is 17.4 Å². The summed E-state index contributed by atoms with van der Waals surface area (Å²) in [6, 6.07) is 6.52. The topological polar surface area (TPSA) is 82.2 Å². The van der Waals surface area contributed by atoms with Gasteiger partial charge in [-0.15, -0.1) is 0 Å². The van der Waals surface area contributed by atoms with E-state index in [-0.39, 0.29) is 5.91 Å². The van der Waals surface area contributed by atoms with Gasteiger partial charge in [0, 0.05) is 16.6 Å².